The predicted octanol–water partition coefficient (Wildman–Crippen LogP) is 4.03. The first-order valence-corrected chi connectivity index (χ1v) is 12.6. The first-order chi connectivity index (χ1) is 16.6. The Labute approximate surface area is 202 Å². The number of pyridine rings is 2. The fraction of sp³-hybridized carbons (Fsp3) is 0.519. The fourth-order valence-corrected chi connectivity index (χ4v) is 5.78. The van der Waals surface area contributed by atoms with Crippen LogP contribution < -0.4 is 4.90 Å². The molecule has 0 saturated carbocycles. The van der Waals surface area contributed by atoms with Crippen molar-refractivity contribution in [3.63, 3.8) is 0 Å². The molecule has 1 aliphatic heterocycles. The van der Waals surface area contributed by atoms with Gasteiger partial charge in [-0.05, 0) is 76.5 Å². The third kappa shape index (κ3) is 4.17. The highest BCUT2D eigenvalue weighted by atomic mass is 15.3. The number of aryl methyl sites for hydroxylation is 1. The van der Waals surface area contributed by atoms with Crippen molar-refractivity contribution in [3.05, 3.63) is 59.2 Å². The van der Waals surface area contributed by atoms with Gasteiger partial charge in [-0.3, -0.25) is 14.3 Å². The highest BCUT2D eigenvalue weighted by Crippen LogP contribution is 2.34. The lowest BCUT2D eigenvalue weighted by Gasteiger charge is -2.36. The standard InChI is InChI=1S/C27H35N7/c1-4-32(23-10-5-8-20-9-7-15-29-27(20)23)19-22-24(18-28)34-25(30-22)11-6-12-26(34)33-16-13-21(14-17-33)31(2)3/h6-7,9,11-12,15,21,23H,4-5,8,10,13-14,16-17,19H2,1-3H3/t23-/m0/s1. The molecule has 4 heterocycles. The van der Waals surface area contributed by atoms with Gasteiger partial charge >= 0.3 is 0 Å². The lowest BCUT2D eigenvalue weighted by molar-refractivity contribution is 0.173. The number of hydrogen-bond donors (Lipinski definition) is 0. The average molecular weight is 458 g/mol. The largest absolute Gasteiger partial charge is 0.358 e. The van der Waals surface area contributed by atoms with Crippen molar-refractivity contribution in [1.82, 2.24) is 24.2 Å². The monoisotopic (exact) mass is 457 g/mol. The van der Waals surface area contributed by atoms with E-state index in [2.05, 4.69) is 64.4 Å². The molecule has 0 bridgehead atoms. The van der Waals surface area contributed by atoms with Gasteiger partial charge in [-0.1, -0.05) is 19.1 Å². The Bertz CT molecular complexity index is 1180. The first-order valence-electron chi connectivity index (χ1n) is 12.6. The Morgan fingerprint density at radius 1 is 1.12 bits per heavy atom. The van der Waals surface area contributed by atoms with E-state index in [-0.39, 0.29) is 6.04 Å². The van der Waals surface area contributed by atoms with E-state index in [9.17, 15) is 5.26 Å². The summed E-state index contributed by atoms with van der Waals surface area (Å²) in [6.07, 6.45) is 7.53. The van der Waals surface area contributed by atoms with Gasteiger partial charge in [0.25, 0.3) is 0 Å². The molecule has 178 valence electrons. The van der Waals surface area contributed by atoms with Crippen LogP contribution >= 0.6 is 0 Å². The van der Waals surface area contributed by atoms with Crippen molar-refractivity contribution >= 4 is 11.5 Å². The second kappa shape index (κ2) is 9.73. The van der Waals surface area contributed by atoms with Crippen LogP contribution in [-0.4, -0.2) is 63.9 Å². The molecule has 7 heteroatoms. The van der Waals surface area contributed by atoms with Crippen LogP contribution in [0.1, 0.15) is 61.3 Å². The molecule has 3 aromatic rings. The molecule has 0 aromatic carbocycles. The molecule has 1 atom stereocenters. The number of piperidine rings is 1. The summed E-state index contributed by atoms with van der Waals surface area (Å²) in [5.41, 5.74) is 4.94. The highest BCUT2D eigenvalue weighted by Gasteiger charge is 2.29. The van der Waals surface area contributed by atoms with Crippen LogP contribution in [0.3, 0.4) is 0 Å². The molecular formula is C27H35N7. The van der Waals surface area contributed by atoms with Gasteiger partial charge in [0, 0.05) is 31.9 Å². The van der Waals surface area contributed by atoms with E-state index in [0.717, 1.165) is 62.5 Å². The van der Waals surface area contributed by atoms with Crippen LogP contribution in [0.4, 0.5) is 5.82 Å². The molecule has 0 radical (unpaired) electrons. The molecule has 7 nitrogen and oxygen atoms in total. The van der Waals surface area contributed by atoms with Crippen LogP contribution in [0, 0.1) is 11.3 Å². The van der Waals surface area contributed by atoms with Gasteiger partial charge < -0.3 is 9.80 Å². The lowest BCUT2D eigenvalue weighted by Crippen LogP contribution is -2.42. The number of hydrogen-bond acceptors (Lipinski definition) is 6. The number of nitrogens with zero attached hydrogens (tertiary/aromatic N) is 7. The first kappa shape index (κ1) is 22.8. The number of fused-ring (bicyclic) bond motifs is 2. The van der Waals surface area contributed by atoms with Gasteiger partial charge in [-0.15, -0.1) is 0 Å². The third-order valence-corrected chi connectivity index (χ3v) is 7.69. The van der Waals surface area contributed by atoms with Crippen LogP contribution in [0.5, 0.6) is 0 Å². The minimum Gasteiger partial charge on any atom is -0.358 e. The molecule has 1 saturated heterocycles. The van der Waals surface area contributed by atoms with Crippen LogP contribution in [0.2, 0.25) is 0 Å². The van der Waals surface area contributed by atoms with E-state index in [1.165, 1.54) is 17.7 Å². The minimum absolute atomic E-state index is 0.274. The Hall–Kier alpha value is -2.95. The maximum Gasteiger partial charge on any atom is 0.150 e. The number of anilines is 1. The number of aromatic nitrogens is 3. The summed E-state index contributed by atoms with van der Waals surface area (Å²) in [6, 6.07) is 13.9. The molecule has 3 aromatic heterocycles. The van der Waals surface area contributed by atoms with Crippen LogP contribution in [0.25, 0.3) is 5.65 Å². The summed E-state index contributed by atoms with van der Waals surface area (Å²) in [5.74, 6) is 1.08. The van der Waals surface area contributed by atoms with Crippen molar-refractivity contribution in [2.45, 2.75) is 57.7 Å². The summed E-state index contributed by atoms with van der Waals surface area (Å²) in [4.78, 5) is 16.9. The van der Waals surface area contributed by atoms with Gasteiger partial charge in [0.05, 0.1) is 17.4 Å². The van der Waals surface area contributed by atoms with Gasteiger partial charge in [-0.25, -0.2) is 4.98 Å². The van der Waals surface area contributed by atoms with E-state index in [4.69, 9.17) is 9.97 Å². The maximum absolute atomic E-state index is 10.2. The second-order valence-electron chi connectivity index (χ2n) is 9.80. The van der Waals surface area contributed by atoms with Gasteiger partial charge in [0.15, 0.2) is 5.69 Å². The normalized spacial score (nSPS) is 19.1. The number of nitriles is 1. The quantitative estimate of drug-likeness (QED) is 0.557. The van der Waals surface area contributed by atoms with Crippen molar-refractivity contribution in [1.29, 1.82) is 5.26 Å². The Morgan fingerprint density at radius 3 is 2.68 bits per heavy atom. The zero-order valence-corrected chi connectivity index (χ0v) is 20.6. The Morgan fingerprint density at radius 2 is 1.94 bits per heavy atom. The second-order valence-corrected chi connectivity index (χ2v) is 9.80. The zero-order chi connectivity index (χ0) is 23.7. The zero-order valence-electron chi connectivity index (χ0n) is 20.6. The molecule has 1 aliphatic carbocycles. The smallest absolute Gasteiger partial charge is 0.150 e. The lowest BCUT2D eigenvalue weighted by atomic mass is 9.90. The summed E-state index contributed by atoms with van der Waals surface area (Å²) >= 11 is 0. The molecule has 0 unspecified atom stereocenters. The van der Waals surface area contributed by atoms with E-state index >= 15 is 0 Å². The molecular weight excluding hydrogens is 422 g/mol. The summed E-state index contributed by atoms with van der Waals surface area (Å²) < 4.78 is 2.08. The predicted molar refractivity (Wildman–Crippen MR) is 135 cm³/mol. The van der Waals surface area contributed by atoms with E-state index < -0.39 is 0 Å². The van der Waals surface area contributed by atoms with E-state index in [1.54, 1.807) is 0 Å². The summed E-state index contributed by atoms with van der Waals surface area (Å²) in [6.45, 7) is 5.73. The molecule has 1 fully saturated rings. The summed E-state index contributed by atoms with van der Waals surface area (Å²) in [5, 5.41) is 10.2. The van der Waals surface area contributed by atoms with Crippen molar-refractivity contribution in [3.8, 4) is 6.07 Å². The average Bonchev–Trinajstić information content (AvgIpc) is 3.24. The number of imidazole rings is 1. The van der Waals surface area contributed by atoms with Gasteiger partial charge in [0.2, 0.25) is 0 Å². The third-order valence-electron chi connectivity index (χ3n) is 7.69. The minimum atomic E-state index is 0.274. The molecule has 0 N–H and O–H groups in total. The van der Waals surface area contributed by atoms with Gasteiger partial charge in [0.1, 0.15) is 17.5 Å². The summed E-state index contributed by atoms with van der Waals surface area (Å²) in [7, 11) is 4.33. The van der Waals surface area contributed by atoms with Crippen LogP contribution in [-0.2, 0) is 13.0 Å². The fourth-order valence-electron chi connectivity index (χ4n) is 5.78. The molecule has 0 amide bonds. The van der Waals surface area contributed by atoms with Gasteiger partial charge in [-0.2, -0.15) is 5.26 Å². The molecule has 2 aliphatic rings. The Kier molecular flexibility index (Phi) is 6.53. The molecule has 0 spiro atoms. The van der Waals surface area contributed by atoms with Crippen molar-refractivity contribution < 1.29 is 0 Å². The van der Waals surface area contributed by atoms with E-state index in [1.807, 2.05) is 18.3 Å². The Balaban J connectivity index is 1.46. The van der Waals surface area contributed by atoms with Crippen molar-refractivity contribution in [2.75, 3.05) is 38.6 Å². The van der Waals surface area contributed by atoms with Crippen molar-refractivity contribution in [2.24, 2.45) is 0 Å². The SMILES string of the molecule is CCN(Cc1nc2cccc(N3CCC(N(C)C)CC3)n2c1C#N)[C@H]1CCCc2cccnc21. The molecule has 34 heavy (non-hydrogen) atoms. The number of rotatable bonds is 6. The maximum atomic E-state index is 10.2. The van der Waals surface area contributed by atoms with Crippen LogP contribution in [0.15, 0.2) is 36.5 Å². The topological polar surface area (TPSA) is 63.7 Å². The molecule has 5 rings (SSSR count). The van der Waals surface area contributed by atoms with E-state index in [0.29, 0.717) is 18.3 Å². The highest BCUT2D eigenvalue weighted by molar-refractivity contribution is 5.57.